The quantitative estimate of drug-likeness (QED) is 0.512. The first kappa shape index (κ1) is 23.3. The van der Waals surface area contributed by atoms with Gasteiger partial charge in [0, 0.05) is 69.0 Å². The van der Waals surface area contributed by atoms with Gasteiger partial charge in [-0.1, -0.05) is 6.07 Å². The van der Waals surface area contributed by atoms with Gasteiger partial charge in [-0.25, -0.2) is 9.37 Å². The van der Waals surface area contributed by atoms with Crippen molar-refractivity contribution in [3.05, 3.63) is 54.1 Å². The fraction of sp³-hybridized carbons (Fsp3) is 0.423. The fourth-order valence-corrected chi connectivity index (χ4v) is 5.26. The topological polar surface area (TPSA) is 90.7 Å². The number of pyridine rings is 1. The molecule has 8 nitrogen and oxygen atoms in total. The van der Waals surface area contributed by atoms with Crippen molar-refractivity contribution in [3.8, 4) is 0 Å². The molecule has 1 amide bonds. The molecule has 184 valence electrons. The summed E-state index contributed by atoms with van der Waals surface area (Å²) in [6.07, 6.45) is 5.89. The van der Waals surface area contributed by atoms with Gasteiger partial charge in [0.2, 0.25) is 5.91 Å². The molecule has 0 bridgehead atoms. The molecule has 2 aromatic heterocycles. The number of aliphatic carboxylic acids is 1. The number of carbonyl (C=O) groups excluding carboxylic acids is 1. The Morgan fingerprint density at radius 3 is 2.77 bits per heavy atom. The summed E-state index contributed by atoms with van der Waals surface area (Å²) >= 11 is 0. The van der Waals surface area contributed by atoms with E-state index in [4.69, 9.17) is 5.11 Å². The van der Waals surface area contributed by atoms with Crippen molar-refractivity contribution in [2.75, 3.05) is 42.9 Å². The van der Waals surface area contributed by atoms with Crippen molar-refractivity contribution in [2.24, 2.45) is 0 Å². The molecule has 0 saturated carbocycles. The van der Waals surface area contributed by atoms with Crippen LogP contribution in [-0.4, -0.2) is 64.2 Å². The normalized spacial score (nSPS) is 18.5. The first-order valence-corrected chi connectivity index (χ1v) is 12.2. The Kier molecular flexibility index (Phi) is 6.68. The largest absolute Gasteiger partial charge is 0.481 e. The molecule has 1 atom stereocenters. The number of carbonyl (C=O) groups is 2. The highest BCUT2D eigenvalue weighted by atomic mass is 19.1. The van der Waals surface area contributed by atoms with Gasteiger partial charge in [-0.2, -0.15) is 0 Å². The van der Waals surface area contributed by atoms with E-state index in [0.29, 0.717) is 25.1 Å². The van der Waals surface area contributed by atoms with E-state index >= 15 is 0 Å². The Morgan fingerprint density at radius 2 is 1.97 bits per heavy atom. The lowest BCUT2D eigenvalue weighted by Gasteiger charge is -2.36. The number of aromatic nitrogens is 2. The average molecular weight is 480 g/mol. The number of piperazine rings is 1. The van der Waals surface area contributed by atoms with E-state index in [1.54, 1.807) is 6.07 Å². The highest BCUT2D eigenvalue weighted by molar-refractivity contribution is 5.94. The van der Waals surface area contributed by atoms with E-state index in [2.05, 4.69) is 30.7 Å². The number of carboxylic acids is 1. The van der Waals surface area contributed by atoms with Gasteiger partial charge in [-0.05, 0) is 55.1 Å². The molecule has 2 N–H and O–H groups in total. The maximum atomic E-state index is 13.6. The number of hydrogen-bond acceptors (Lipinski definition) is 5. The second kappa shape index (κ2) is 10.0. The molecule has 1 unspecified atom stereocenters. The summed E-state index contributed by atoms with van der Waals surface area (Å²) < 4.78 is 15.7. The maximum Gasteiger partial charge on any atom is 0.303 e. The van der Waals surface area contributed by atoms with Crippen molar-refractivity contribution < 1.29 is 19.1 Å². The number of halogens is 1. The van der Waals surface area contributed by atoms with Crippen LogP contribution in [0.1, 0.15) is 37.2 Å². The number of amides is 1. The van der Waals surface area contributed by atoms with Crippen LogP contribution in [0.2, 0.25) is 0 Å². The van der Waals surface area contributed by atoms with Crippen LogP contribution in [-0.2, 0) is 16.1 Å². The molecule has 9 heteroatoms. The van der Waals surface area contributed by atoms with E-state index in [1.807, 2.05) is 18.5 Å². The van der Waals surface area contributed by atoms with Crippen molar-refractivity contribution in [2.45, 2.75) is 38.1 Å². The van der Waals surface area contributed by atoms with E-state index < -0.39 is 5.97 Å². The zero-order valence-electron chi connectivity index (χ0n) is 19.6. The maximum absolute atomic E-state index is 13.6. The van der Waals surface area contributed by atoms with E-state index in [1.165, 1.54) is 12.1 Å². The van der Waals surface area contributed by atoms with Crippen molar-refractivity contribution >= 4 is 34.3 Å². The molecule has 4 heterocycles. The van der Waals surface area contributed by atoms with Crippen LogP contribution in [0.15, 0.2) is 42.7 Å². The molecule has 35 heavy (non-hydrogen) atoms. The molecular weight excluding hydrogens is 449 g/mol. The number of rotatable bonds is 8. The number of hydrogen-bond donors (Lipinski definition) is 2. The Balaban J connectivity index is 1.19. The smallest absolute Gasteiger partial charge is 0.303 e. The summed E-state index contributed by atoms with van der Waals surface area (Å²) in [4.78, 5) is 32.3. The van der Waals surface area contributed by atoms with Gasteiger partial charge >= 0.3 is 5.97 Å². The van der Waals surface area contributed by atoms with Gasteiger partial charge in [0.05, 0.1) is 5.52 Å². The van der Waals surface area contributed by atoms with Gasteiger partial charge in [-0.3, -0.25) is 14.5 Å². The molecule has 1 aromatic carbocycles. The Hall–Kier alpha value is -3.46. The molecular formula is C26H30FN5O3. The van der Waals surface area contributed by atoms with E-state index in [9.17, 15) is 14.0 Å². The van der Waals surface area contributed by atoms with E-state index in [0.717, 1.165) is 61.4 Å². The lowest BCUT2D eigenvalue weighted by Crippen LogP contribution is -2.47. The van der Waals surface area contributed by atoms with Crippen molar-refractivity contribution in [1.82, 2.24) is 14.5 Å². The Labute approximate surface area is 203 Å². The van der Waals surface area contributed by atoms with Crippen LogP contribution in [0.25, 0.3) is 10.9 Å². The minimum atomic E-state index is -0.772. The van der Waals surface area contributed by atoms with Gasteiger partial charge in [0.25, 0.3) is 0 Å². The minimum Gasteiger partial charge on any atom is -0.481 e. The number of nitrogens with one attached hydrogen (secondary N) is 1. The fourth-order valence-electron chi connectivity index (χ4n) is 5.26. The number of aryl methyl sites for hydroxylation is 1. The summed E-state index contributed by atoms with van der Waals surface area (Å²) in [5.74, 6) is -0.0775. The zero-order chi connectivity index (χ0) is 24.4. The number of carboxylic acid groups (broad SMARTS) is 1. The number of benzene rings is 1. The lowest BCUT2D eigenvalue weighted by molar-refractivity contribution is -0.137. The molecule has 3 aromatic rings. The van der Waals surface area contributed by atoms with Gasteiger partial charge in [-0.15, -0.1) is 0 Å². The first-order chi connectivity index (χ1) is 17.0. The minimum absolute atomic E-state index is 0.0491. The molecule has 0 radical (unpaired) electrons. The molecule has 0 aliphatic carbocycles. The summed E-state index contributed by atoms with van der Waals surface area (Å²) in [5, 5.41) is 12.8. The van der Waals surface area contributed by atoms with Gasteiger partial charge < -0.3 is 19.9 Å². The molecule has 2 aliphatic heterocycles. The van der Waals surface area contributed by atoms with Crippen molar-refractivity contribution in [1.29, 1.82) is 0 Å². The molecule has 0 spiro atoms. The van der Waals surface area contributed by atoms with E-state index in [-0.39, 0.29) is 24.1 Å². The number of anilines is 2. The number of nitrogens with zero attached hydrogens (tertiary/aromatic N) is 4. The van der Waals surface area contributed by atoms with Crippen LogP contribution in [0.4, 0.5) is 15.9 Å². The zero-order valence-corrected chi connectivity index (χ0v) is 19.6. The van der Waals surface area contributed by atoms with Crippen molar-refractivity contribution in [3.63, 3.8) is 0 Å². The second-order valence-corrected chi connectivity index (χ2v) is 9.37. The van der Waals surface area contributed by atoms with Crippen LogP contribution >= 0.6 is 0 Å². The molecule has 1 saturated heterocycles. The number of fused-ring (bicyclic) bond motifs is 2. The average Bonchev–Trinajstić information content (AvgIpc) is 3.25. The molecule has 2 aliphatic rings. The predicted octanol–water partition coefficient (Wildman–Crippen LogP) is 3.68. The third kappa shape index (κ3) is 5.14. The van der Waals surface area contributed by atoms with Crippen LogP contribution in [0.5, 0.6) is 0 Å². The second-order valence-electron chi connectivity index (χ2n) is 9.37. The highest BCUT2D eigenvalue weighted by Crippen LogP contribution is 2.35. The van der Waals surface area contributed by atoms with Crippen LogP contribution < -0.4 is 10.2 Å². The highest BCUT2D eigenvalue weighted by Gasteiger charge is 2.27. The van der Waals surface area contributed by atoms with Gasteiger partial charge in [0.15, 0.2) is 0 Å². The van der Waals surface area contributed by atoms with Gasteiger partial charge in [0.1, 0.15) is 11.6 Å². The summed E-state index contributed by atoms with van der Waals surface area (Å²) in [6, 6.07) is 8.73. The summed E-state index contributed by atoms with van der Waals surface area (Å²) in [6.45, 7) is 5.11. The predicted molar refractivity (Wildman–Crippen MR) is 132 cm³/mol. The molecule has 5 rings (SSSR count). The van der Waals surface area contributed by atoms with Crippen LogP contribution in [0.3, 0.4) is 0 Å². The Morgan fingerprint density at radius 1 is 1.14 bits per heavy atom. The summed E-state index contributed by atoms with van der Waals surface area (Å²) in [5.41, 5.74) is 2.70. The third-order valence-corrected chi connectivity index (χ3v) is 7.09. The third-order valence-electron chi connectivity index (χ3n) is 7.09. The van der Waals surface area contributed by atoms with Crippen LogP contribution in [0, 0.1) is 5.82 Å². The first-order valence-electron chi connectivity index (χ1n) is 12.2. The lowest BCUT2D eigenvalue weighted by atomic mass is 9.87. The Bertz CT molecular complexity index is 1230. The summed E-state index contributed by atoms with van der Waals surface area (Å²) in [7, 11) is 0. The monoisotopic (exact) mass is 479 g/mol. The SMILES string of the molecule is O=C(O)CCCn1ccc2c(N3CCN(CCC4CC(=O)Nc5cc(F)ccc54)CC3)nccc21. The standard InChI is InChI=1S/C26H30FN5O3/c27-19-3-4-20-18(16-24(33)29-22(20)17-19)6-10-30-12-14-32(15-13-30)26-21-7-11-31(9-1-2-25(34)35)23(21)5-8-28-26/h3-5,7-8,11,17-18H,1-2,6,9-10,12-16H2,(H,29,33)(H,34,35). The molecule has 1 fully saturated rings.